The van der Waals surface area contributed by atoms with Gasteiger partial charge in [0.25, 0.3) is 0 Å². The molecule has 1 aliphatic rings. The predicted octanol–water partition coefficient (Wildman–Crippen LogP) is 3.43. The second kappa shape index (κ2) is 13.0. The first-order valence-corrected chi connectivity index (χ1v) is 10.4. The quantitative estimate of drug-likeness (QED) is 0.391. The first-order valence-electron chi connectivity index (χ1n) is 10.4. The minimum Gasteiger partial charge on any atom is -0.460 e. The lowest BCUT2D eigenvalue weighted by molar-refractivity contribution is -0.146. The molecule has 1 aliphatic heterocycles. The van der Waals surface area contributed by atoms with Crippen molar-refractivity contribution in [3.8, 4) is 0 Å². The molecule has 7 heteroatoms. The maximum Gasteiger partial charge on any atom is 0.428 e. The third kappa shape index (κ3) is 8.25. The fourth-order valence-electron chi connectivity index (χ4n) is 3.51. The number of likely N-dealkylation sites (tertiary alicyclic amines) is 1. The molecule has 0 bridgehead atoms. The molecule has 2 atom stereocenters. The van der Waals surface area contributed by atoms with Crippen LogP contribution in [0.3, 0.4) is 0 Å². The summed E-state index contributed by atoms with van der Waals surface area (Å²) in [5, 5.41) is 0. The molecule has 0 spiro atoms. The molecule has 1 amide bonds. The molecule has 1 saturated heterocycles. The van der Waals surface area contributed by atoms with E-state index >= 15 is 0 Å². The second-order valence-corrected chi connectivity index (χ2v) is 7.42. The lowest BCUT2D eigenvalue weighted by Crippen LogP contribution is -2.42. The molecule has 1 unspecified atom stereocenters. The average Bonchev–Trinajstić information content (AvgIpc) is 2.73. The van der Waals surface area contributed by atoms with E-state index in [0.717, 1.165) is 37.7 Å². The van der Waals surface area contributed by atoms with E-state index in [0.29, 0.717) is 19.4 Å². The Morgan fingerprint density at radius 2 is 1.90 bits per heavy atom. The van der Waals surface area contributed by atoms with Gasteiger partial charge in [0, 0.05) is 12.6 Å². The SMILES string of the molecule is NOC(=O)N1CCCCCC[C@@H]1C/C=C/CCC(N)C(=O)OCc1ccccc1. The highest BCUT2D eigenvalue weighted by Gasteiger charge is 2.24. The zero-order valence-corrected chi connectivity index (χ0v) is 17.0. The van der Waals surface area contributed by atoms with Gasteiger partial charge in [-0.2, -0.15) is 5.90 Å². The smallest absolute Gasteiger partial charge is 0.428 e. The van der Waals surface area contributed by atoms with Crippen molar-refractivity contribution in [1.82, 2.24) is 4.90 Å². The van der Waals surface area contributed by atoms with E-state index in [4.69, 9.17) is 16.4 Å². The molecule has 2 rings (SSSR count). The van der Waals surface area contributed by atoms with Crippen molar-refractivity contribution < 1.29 is 19.2 Å². The Hall–Kier alpha value is -2.38. The van der Waals surface area contributed by atoms with Crippen LogP contribution in [0.4, 0.5) is 4.79 Å². The molecule has 4 N–H and O–H groups in total. The molecule has 0 saturated carbocycles. The first kappa shape index (κ1) is 22.9. The van der Waals surface area contributed by atoms with Gasteiger partial charge in [-0.1, -0.05) is 61.7 Å². The number of carbonyl (C=O) groups excluding carboxylic acids is 2. The molecule has 1 aromatic rings. The number of amides is 1. The van der Waals surface area contributed by atoms with Crippen LogP contribution in [0.1, 0.15) is 56.9 Å². The van der Waals surface area contributed by atoms with Crippen LogP contribution in [-0.2, 0) is 21.0 Å². The number of rotatable bonds is 8. The fraction of sp³-hybridized carbons (Fsp3) is 0.545. The zero-order chi connectivity index (χ0) is 20.9. The van der Waals surface area contributed by atoms with E-state index in [9.17, 15) is 9.59 Å². The molecule has 1 fully saturated rings. The maximum absolute atomic E-state index is 12.0. The molecule has 7 nitrogen and oxygen atoms in total. The van der Waals surface area contributed by atoms with Crippen LogP contribution in [-0.4, -0.2) is 35.6 Å². The molecule has 1 heterocycles. The topological polar surface area (TPSA) is 108 Å². The Bertz CT molecular complexity index is 651. The number of ether oxygens (including phenoxy) is 1. The predicted molar refractivity (Wildman–Crippen MR) is 111 cm³/mol. The molecule has 29 heavy (non-hydrogen) atoms. The lowest BCUT2D eigenvalue weighted by Gasteiger charge is -2.31. The van der Waals surface area contributed by atoms with Gasteiger partial charge in [-0.15, -0.1) is 0 Å². The highest BCUT2D eigenvalue weighted by atomic mass is 16.7. The number of hydrogen-bond acceptors (Lipinski definition) is 6. The Morgan fingerprint density at radius 1 is 1.14 bits per heavy atom. The highest BCUT2D eigenvalue weighted by molar-refractivity contribution is 5.75. The molecule has 160 valence electrons. The van der Waals surface area contributed by atoms with E-state index < -0.39 is 12.1 Å². The molecule has 0 aromatic heterocycles. The molecule has 0 radical (unpaired) electrons. The standard InChI is InChI=1S/C22H33N3O4/c23-20(21(26)28-17-18-11-5-3-6-12-18)15-9-4-8-14-19-13-7-1-2-10-16-25(19)22(27)29-24/h3-6,8,11-12,19-20H,1-2,7,9-10,13-17,23-24H2/b8-4+/t19-,20?/m1/s1. The van der Waals surface area contributed by atoms with E-state index in [2.05, 4.69) is 4.84 Å². The average molecular weight is 404 g/mol. The number of benzene rings is 1. The van der Waals surface area contributed by atoms with Crippen LogP contribution in [0.2, 0.25) is 0 Å². The van der Waals surface area contributed by atoms with Gasteiger partial charge in [0.1, 0.15) is 12.6 Å². The summed E-state index contributed by atoms with van der Waals surface area (Å²) in [6.07, 6.45) is 10.8. The van der Waals surface area contributed by atoms with Crippen LogP contribution in [0, 0.1) is 0 Å². The minimum absolute atomic E-state index is 0.0899. The Kier molecular flexibility index (Phi) is 10.2. The van der Waals surface area contributed by atoms with Crippen molar-refractivity contribution in [2.45, 2.75) is 70.1 Å². The normalized spacial score (nSPS) is 18.7. The van der Waals surface area contributed by atoms with Gasteiger partial charge >= 0.3 is 12.1 Å². The summed E-state index contributed by atoms with van der Waals surface area (Å²) in [5.41, 5.74) is 6.87. The summed E-state index contributed by atoms with van der Waals surface area (Å²) >= 11 is 0. The highest BCUT2D eigenvalue weighted by Crippen LogP contribution is 2.20. The molecular weight excluding hydrogens is 370 g/mol. The summed E-state index contributed by atoms with van der Waals surface area (Å²) < 4.78 is 5.26. The van der Waals surface area contributed by atoms with Gasteiger partial charge in [-0.3, -0.25) is 4.79 Å². The number of hydrogen-bond donors (Lipinski definition) is 2. The van der Waals surface area contributed by atoms with E-state index in [1.807, 2.05) is 42.5 Å². The minimum atomic E-state index is -0.645. The number of nitrogens with zero attached hydrogens (tertiary/aromatic N) is 1. The number of nitrogens with two attached hydrogens (primary N) is 2. The zero-order valence-electron chi connectivity index (χ0n) is 17.0. The van der Waals surface area contributed by atoms with Gasteiger partial charge in [0.2, 0.25) is 0 Å². The first-order chi connectivity index (χ1) is 14.1. The maximum atomic E-state index is 12.0. The third-order valence-corrected chi connectivity index (χ3v) is 5.21. The lowest BCUT2D eigenvalue weighted by atomic mass is 9.99. The van der Waals surface area contributed by atoms with Crippen molar-refractivity contribution in [3.05, 3.63) is 48.0 Å². The fourth-order valence-corrected chi connectivity index (χ4v) is 3.51. The van der Waals surface area contributed by atoms with Crippen molar-refractivity contribution in [2.75, 3.05) is 6.54 Å². The Labute approximate surface area is 173 Å². The molecule has 0 aliphatic carbocycles. The largest absolute Gasteiger partial charge is 0.460 e. The molecule has 1 aromatic carbocycles. The van der Waals surface area contributed by atoms with Crippen LogP contribution in [0.25, 0.3) is 0 Å². The summed E-state index contributed by atoms with van der Waals surface area (Å²) in [7, 11) is 0. The van der Waals surface area contributed by atoms with Gasteiger partial charge in [0.15, 0.2) is 0 Å². The summed E-state index contributed by atoms with van der Waals surface area (Å²) in [6.45, 7) is 0.907. The second-order valence-electron chi connectivity index (χ2n) is 7.42. The summed E-state index contributed by atoms with van der Waals surface area (Å²) in [6, 6.07) is 8.97. The van der Waals surface area contributed by atoms with E-state index in [-0.39, 0.29) is 18.6 Å². The van der Waals surface area contributed by atoms with Crippen LogP contribution in [0.15, 0.2) is 42.5 Å². The van der Waals surface area contributed by atoms with Crippen molar-refractivity contribution in [1.29, 1.82) is 0 Å². The van der Waals surface area contributed by atoms with Gasteiger partial charge in [-0.05, 0) is 37.7 Å². The third-order valence-electron chi connectivity index (χ3n) is 5.21. The number of esters is 1. The van der Waals surface area contributed by atoms with Gasteiger partial charge < -0.3 is 20.2 Å². The number of allylic oxidation sites excluding steroid dienone is 1. The van der Waals surface area contributed by atoms with Crippen LogP contribution >= 0.6 is 0 Å². The monoisotopic (exact) mass is 403 g/mol. The van der Waals surface area contributed by atoms with Crippen molar-refractivity contribution >= 4 is 12.1 Å². The van der Waals surface area contributed by atoms with E-state index in [1.165, 1.54) is 6.42 Å². The Morgan fingerprint density at radius 3 is 2.66 bits per heavy atom. The van der Waals surface area contributed by atoms with Crippen LogP contribution < -0.4 is 11.6 Å². The molecular formula is C22H33N3O4. The summed E-state index contributed by atoms with van der Waals surface area (Å²) in [5.74, 6) is 4.70. The summed E-state index contributed by atoms with van der Waals surface area (Å²) in [4.78, 5) is 30.1. The van der Waals surface area contributed by atoms with Crippen LogP contribution in [0.5, 0.6) is 0 Å². The number of carbonyl (C=O) groups is 2. The van der Waals surface area contributed by atoms with Crippen molar-refractivity contribution in [3.63, 3.8) is 0 Å². The van der Waals surface area contributed by atoms with Crippen molar-refractivity contribution in [2.24, 2.45) is 11.6 Å². The van der Waals surface area contributed by atoms with E-state index in [1.54, 1.807) is 4.90 Å². The van der Waals surface area contributed by atoms with Gasteiger partial charge in [0.05, 0.1) is 0 Å². The Balaban J connectivity index is 1.72. The van der Waals surface area contributed by atoms with Gasteiger partial charge in [-0.25, -0.2) is 4.79 Å².